The number of allylic oxidation sites excluding steroid dienone is 1. The summed E-state index contributed by atoms with van der Waals surface area (Å²) in [6.45, 7) is 5.57. The van der Waals surface area contributed by atoms with E-state index in [4.69, 9.17) is 38.4 Å². The predicted octanol–water partition coefficient (Wildman–Crippen LogP) is 11.5. The molecular weight excluding hydrogens is 885 g/mol. The molecule has 70 heavy (non-hydrogen) atoms. The van der Waals surface area contributed by atoms with Gasteiger partial charge in [-0.05, 0) is 127 Å². The molecule has 0 radical (unpaired) electrons. The Morgan fingerprint density at radius 2 is 1.60 bits per heavy atom. The van der Waals surface area contributed by atoms with Crippen molar-refractivity contribution in [1.29, 1.82) is 0 Å². The lowest BCUT2D eigenvalue weighted by atomic mass is 9.55. The number of fused-ring (bicyclic) bond motifs is 4. The average molecular weight is 955 g/mol. The van der Waals surface area contributed by atoms with Crippen LogP contribution in [0, 0.1) is 23.7 Å². The summed E-state index contributed by atoms with van der Waals surface area (Å²) in [6, 6.07) is 25.8. The molecule has 0 spiro atoms. The summed E-state index contributed by atoms with van der Waals surface area (Å²) in [7, 11) is 0. The number of hydrogen-bond acceptors (Lipinski definition) is 11. The largest absolute Gasteiger partial charge is 0.459 e. The molecule has 12 nitrogen and oxygen atoms in total. The van der Waals surface area contributed by atoms with E-state index in [-0.39, 0.29) is 56.8 Å². The van der Waals surface area contributed by atoms with Gasteiger partial charge in [0, 0.05) is 50.5 Å². The van der Waals surface area contributed by atoms with Crippen molar-refractivity contribution >= 4 is 22.4 Å². The summed E-state index contributed by atoms with van der Waals surface area (Å²) in [6.07, 6.45) is 17.3. The van der Waals surface area contributed by atoms with E-state index in [0.29, 0.717) is 61.2 Å². The molecule has 1 saturated heterocycles. The van der Waals surface area contributed by atoms with Crippen LogP contribution in [0.2, 0.25) is 0 Å². The van der Waals surface area contributed by atoms with Gasteiger partial charge in [-0.3, -0.25) is 4.79 Å². The topological polar surface area (TPSA) is 138 Å². The van der Waals surface area contributed by atoms with Gasteiger partial charge in [0.15, 0.2) is 11.5 Å². The molecule has 10 rings (SSSR count). The zero-order valence-corrected chi connectivity index (χ0v) is 40.5. The quantitative estimate of drug-likeness (QED) is 0.0472. The second-order valence-electron chi connectivity index (χ2n) is 20.2. The highest BCUT2D eigenvalue weighted by atomic mass is 16.8. The number of unbranched alkanes of at least 4 members (excludes halogenated alkanes) is 2. The predicted molar refractivity (Wildman–Crippen MR) is 268 cm³/mol. The van der Waals surface area contributed by atoms with Crippen LogP contribution in [0.4, 0.5) is 0 Å². The Labute approximate surface area is 412 Å². The molecule has 7 unspecified atom stereocenters. The van der Waals surface area contributed by atoms with Crippen LogP contribution in [0.15, 0.2) is 108 Å². The monoisotopic (exact) mass is 955 g/mol. The van der Waals surface area contributed by atoms with E-state index in [2.05, 4.69) is 43.0 Å². The number of aliphatic hydroxyl groups is 2. The summed E-state index contributed by atoms with van der Waals surface area (Å²) in [5.74, 6) is 2.05. The molecule has 4 aromatic carbocycles. The second kappa shape index (κ2) is 22.4. The number of benzene rings is 4. The molecule has 2 N–H and O–H groups in total. The zero-order chi connectivity index (χ0) is 47.9. The Morgan fingerprint density at radius 3 is 2.41 bits per heavy atom. The van der Waals surface area contributed by atoms with Gasteiger partial charge in [0.2, 0.25) is 24.8 Å². The fourth-order valence-corrected chi connectivity index (χ4v) is 12.4. The van der Waals surface area contributed by atoms with Gasteiger partial charge in [-0.25, -0.2) is 0 Å². The van der Waals surface area contributed by atoms with Gasteiger partial charge in [-0.2, -0.15) is 0 Å². The maximum Gasteiger partial charge on any atom is 0.239 e. The highest BCUT2D eigenvalue weighted by molar-refractivity contribution is 6.03. The first-order valence-electron chi connectivity index (χ1n) is 26.1. The normalized spacial score (nSPS) is 26.3. The fourth-order valence-electron chi connectivity index (χ4n) is 12.4. The minimum atomic E-state index is -1.40. The van der Waals surface area contributed by atoms with Crippen LogP contribution < -0.4 is 18.9 Å². The molecule has 2 saturated carbocycles. The summed E-state index contributed by atoms with van der Waals surface area (Å²) in [4.78, 5) is 23.9. The van der Waals surface area contributed by atoms with Crippen molar-refractivity contribution in [2.75, 3.05) is 33.2 Å². The first-order chi connectivity index (χ1) is 34.4. The van der Waals surface area contributed by atoms with Crippen molar-refractivity contribution in [2.24, 2.45) is 28.8 Å². The second-order valence-corrected chi connectivity index (χ2v) is 20.2. The number of rotatable bonds is 21. The first-order valence-corrected chi connectivity index (χ1v) is 26.1. The number of oxime groups is 1. The fraction of sp³-hybridized carbons (Fsp3) is 0.517. The van der Waals surface area contributed by atoms with Gasteiger partial charge in [0.1, 0.15) is 23.3 Å². The highest BCUT2D eigenvalue weighted by Crippen LogP contribution is 2.62. The average Bonchev–Trinajstić information content (AvgIpc) is 4.10. The van der Waals surface area contributed by atoms with Gasteiger partial charge in [-0.15, -0.1) is 6.58 Å². The Morgan fingerprint density at radius 1 is 0.829 bits per heavy atom. The summed E-state index contributed by atoms with van der Waals surface area (Å²) < 4.78 is 39.4. The number of hydrogen-bond donors (Lipinski definition) is 2. The molecule has 0 bridgehead atoms. The number of aliphatic hydroxyl groups excluding tert-OH is 2. The van der Waals surface area contributed by atoms with Gasteiger partial charge in [-0.1, -0.05) is 92.2 Å². The van der Waals surface area contributed by atoms with Crippen molar-refractivity contribution in [3.63, 3.8) is 0 Å². The lowest BCUT2D eigenvalue weighted by Gasteiger charge is -2.60. The highest BCUT2D eigenvalue weighted by Gasteiger charge is 2.65. The first kappa shape index (κ1) is 48.2. The third-order valence-electron chi connectivity index (χ3n) is 15.7. The smallest absolute Gasteiger partial charge is 0.239 e. The van der Waals surface area contributed by atoms with E-state index in [1.165, 1.54) is 12.8 Å². The van der Waals surface area contributed by atoms with Crippen molar-refractivity contribution in [1.82, 2.24) is 4.90 Å². The van der Waals surface area contributed by atoms with Crippen LogP contribution in [0.25, 0.3) is 10.8 Å². The molecule has 4 aromatic rings. The van der Waals surface area contributed by atoms with E-state index in [1.807, 2.05) is 53.4 Å². The molecule has 3 aliphatic carbocycles. The molecule has 1 amide bonds. The maximum absolute atomic E-state index is 15.4. The molecule has 12 heteroatoms. The standard InChI is InChI=1S/C58H70N2O10/c1-2-30-67-58-53(60(54(63)27-21-39-13-3-4-14-39)37-40-20-25-51-52(32-40)66-38-65-51)36-49(59-70-55-19-9-12-31-64-55)47-34-43(17-7-10-28-61)46(18-8-11-29-62)56(57(47)58)48-35-45(24-26-50(48)69-58)68-44-23-22-41-15-5-6-16-42(41)33-44/h2,5-6,15-16,20,22-26,32-35,39,43,46,53,55-57,61-62H,1,3-4,7-14,17-19,21,27-31,36-38H2. The summed E-state index contributed by atoms with van der Waals surface area (Å²) >= 11 is 0. The van der Waals surface area contributed by atoms with Crippen molar-refractivity contribution in [3.05, 3.63) is 114 Å². The van der Waals surface area contributed by atoms with Crippen molar-refractivity contribution < 1.29 is 48.3 Å². The Hall–Kier alpha value is -5.40. The van der Waals surface area contributed by atoms with Crippen LogP contribution in [-0.4, -0.2) is 78.1 Å². The molecule has 7 atom stereocenters. The van der Waals surface area contributed by atoms with E-state index in [1.54, 1.807) is 6.08 Å². The van der Waals surface area contributed by atoms with Gasteiger partial charge >= 0.3 is 0 Å². The van der Waals surface area contributed by atoms with Crippen molar-refractivity contribution in [3.8, 4) is 28.7 Å². The Balaban J connectivity index is 1.14. The molecule has 372 valence electrons. The number of amides is 1. The Kier molecular flexibility index (Phi) is 15.4. The van der Waals surface area contributed by atoms with Crippen LogP contribution >= 0.6 is 0 Å². The van der Waals surface area contributed by atoms with Crippen LogP contribution in [0.5, 0.6) is 28.7 Å². The molecule has 3 fully saturated rings. The van der Waals surface area contributed by atoms with Crippen molar-refractivity contribution in [2.45, 2.75) is 133 Å². The molecule has 0 aromatic heterocycles. The summed E-state index contributed by atoms with van der Waals surface area (Å²) in [5, 5.41) is 27.5. The molecular formula is C58H70N2O10. The van der Waals surface area contributed by atoms with Gasteiger partial charge in [0.05, 0.1) is 24.8 Å². The molecule has 6 aliphatic rings. The number of nitrogens with zero attached hydrogens (tertiary/aromatic N) is 2. The SMILES string of the molecule is C=CCOC12Oc3ccc(Oc4ccc5ccccc5c4)cc3C3C(CCCCO)C(CCCCO)C=C(C(=NOC4CCCCO4)CC1N(Cc1ccc4c(c1)OCO4)C(=O)CCC1CCCC1)C32. The minimum Gasteiger partial charge on any atom is -0.459 e. The van der Waals surface area contributed by atoms with E-state index in [9.17, 15) is 10.2 Å². The van der Waals surface area contributed by atoms with Gasteiger partial charge < -0.3 is 48.4 Å². The summed E-state index contributed by atoms with van der Waals surface area (Å²) in [5.41, 5.74) is 3.64. The van der Waals surface area contributed by atoms with E-state index >= 15 is 4.79 Å². The van der Waals surface area contributed by atoms with Gasteiger partial charge in [0.25, 0.3) is 0 Å². The zero-order valence-electron chi connectivity index (χ0n) is 40.5. The van der Waals surface area contributed by atoms with Crippen LogP contribution in [0.1, 0.15) is 120 Å². The number of carbonyl (C=O) groups is 1. The third-order valence-corrected chi connectivity index (χ3v) is 15.7. The molecule has 3 heterocycles. The number of ether oxygens (including phenoxy) is 6. The van der Waals surface area contributed by atoms with E-state index in [0.717, 1.165) is 103 Å². The Bertz CT molecular complexity index is 2510. The van der Waals surface area contributed by atoms with E-state index < -0.39 is 24.0 Å². The molecule has 3 aliphatic heterocycles. The minimum absolute atomic E-state index is 0.0294. The third kappa shape index (κ3) is 10.3. The lowest BCUT2D eigenvalue weighted by molar-refractivity contribution is -0.258. The number of carbonyl (C=O) groups excluding carboxylic acids is 1. The van der Waals surface area contributed by atoms with Crippen LogP contribution in [-0.2, 0) is 25.7 Å². The van der Waals surface area contributed by atoms with Crippen LogP contribution in [0.3, 0.4) is 0 Å². The maximum atomic E-state index is 15.4. The lowest BCUT2D eigenvalue weighted by Crippen LogP contribution is -2.70.